The number of hydrogen-bond donors (Lipinski definition) is 0. The normalized spacial score (nSPS) is 25.3. The zero-order valence-electron chi connectivity index (χ0n) is 14.8. The van der Waals surface area contributed by atoms with Crippen molar-refractivity contribution in [2.75, 3.05) is 0 Å². The Morgan fingerprint density at radius 2 is 1.58 bits per heavy atom. The van der Waals surface area contributed by atoms with Gasteiger partial charge in [0.2, 0.25) is 5.54 Å². The van der Waals surface area contributed by atoms with Gasteiger partial charge in [0.05, 0.1) is 11.1 Å². The lowest BCUT2D eigenvalue weighted by atomic mass is 9.70. The van der Waals surface area contributed by atoms with Crippen molar-refractivity contribution in [2.24, 2.45) is 15.6 Å². The van der Waals surface area contributed by atoms with Gasteiger partial charge in [-0.3, -0.25) is 4.79 Å². The van der Waals surface area contributed by atoms with Crippen molar-refractivity contribution in [3.63, 3.8) is 0 Å². The zero-order chi connectivity index (χ0) is 18.9. The number of halogens is 1. The summed E-state index contributed by atoms with van der Waals surface area (Å²) in [7, 11) is 0. The molecule has 26 heavy (non-hydrogen) atoms. The molecule has 0 aliphatic carbocycles. The van der Waals surface area contributed by atoms with Crippen molar-refractivity contribution in [1.29, 1.82) is 0 Å². The van der Waals surface area contributed by atoms with Crippen LogP contribution in [0, 0.1) is 5.41 Å². The highest BCUT2D eigenvalue weighted by atomic mass is 79.9. The molecule has 0 aromatic heterocycles. The number of ether oxygens (including phenoxy) is 1. The molecule has 134 valence electrons. The Hall–Kier alpha value is -2.34. The number of rotatable bonds is 3. The van der Waals surface area contributed by atoms with Crippen LogP contribution in [0.1, 0.15) is 32.4 Å². The Morgan fingerprint density at radius 3 is 2.19 bits per heavy atom. The van der Waals surface area contributed by atoms with E-state index in [0.29, 0.717) is 5.69 Å². The molecule has 0 N–H and O–H groups in total. The molecular formula is C20H19BrN2O3. The van der Waals surface area contributed by atoms with E-state index in [9.17, 15) is 9.59 Å². The summed E-state index contributed by atoms with van der Waals surface area (Å²) in [5.74, 6) is -0.997. The molecule has 1 fully saturated rings. The molecule has 3 rings (SSSR count). The second kappa shape index (κ2) is 6.76. The predicted molar refractivity (Wildman–Crippen MR) is 101 cm³/mol. The molecule has 1 heterocycles. The van der Waals surface area contributed by atoms with Crippen LogP contribution in [0.4, 0.5) is 5.69 Å². The highest BCUT2D eigenvalue weighted by Gasteiger charge is 2.59. The highest BCUT2D eigenvalue weighted by molar-refractivity contribution is 9.10. The summed E-state index contributed by atoms with van der Waals surface area (Å²) < 4.78 is 6.58. The van der Waals surface area contributed by atoms with E-state index in [-0.39, 0.29) is 5.78 Å². The molecule has 0 spiro atoms. The molecule has 1 aliphatic rings. The van der Waals surface area contributed by atoms with Crippen LogP contribution in [-0.2, 0) is 14.3 Å². The molecule has 0 unspecified atom stereocenters. The minimum absolute atomic E-state index is 0.311. The van der Waals surface area contributed by atoms with Gasteiger partial charge in [-0.1, -0.05) is 46.3 Å². The second-order valence-electron chi connectivity index (χ2n) is 7.00. The molecular weight excluding hydrogens is 396 g/mol. The topological polar surface area (TPSA) is 68.1 Å². The van der Waals surface area contributed by atoms with Crippen LogP contribution in [0.2, 0.25) is 0 Å². The molecule has 0 bridgehead atoms. The van der Waals surface area contributed by atoms with Crippen LogP contribution < -0.4 is 0 Å². The second-order valence-corrected chi connectivity index (χ2v) is 7.91. The highest BCUT2D eigenvalue weighted by Crippen LogP contribution is 2.46. The summed E-state index contributed by atoms with van der Waals surface area (Å²) in [4.78, 5) is 25.9. The van der Waals surface area contributed by atoms with E-state index in [1.807, 2.05) is 42.5 Å². The summed E-state index contributed by atoms with van der Waals surface area (Å²) in [5, 5.41) is 8.15. The van der Waals surface area contributed by atoms with Crippen LogP contribution in [0.25, 0.3) is 0 Å². The number of carbonyl (C=O) groups is 2. The van der Waals surface area contributed by atoms with Crippen molar-refractivity contribution in [3.05, 3.63) is 64.6 Å². The summed E-state index contributed by atoms with van der Waals surface area (Å²) in [6.07, 6.45) is -0.671. The lowest BCUT2D eigenvalue weighted by molar-refractivity contribution is -0.180. The Bertz CT molecular complexity index is 862. The van der Waals surface area contributed by atoms with Gasteiger partial charge in [-0.2, -0.15) is 10.2 Å². The maximum atomic E-state index is 13.2. The van der Waals surface area contributed by atoms with Crippen LogP contribution in [0.15, 0.2) is 69.3 Å². The molecule has 2 aromatic carbocycles. The lowest BCUT2D eigenvalue weighted by Gasteiger charge is -2.42. The molecule has 2 atom stereocenters. The molecule has 0 amide bonds. The third kappa shape index (κ3) is 3.21. The van der Waals surface area contributed by atoms with E-state index in [2.05, 4.69) is 26.2 Å². The number of carbonyl (C=O) groups excluding carboxylic acids is 2. The quantitative estimate of drug-likeness (QED) is 0.394. The first kappa shape index (κ1) is 18.5. The first-order valence-corrected chi connectivity index (χ1v) is 9.04. The molecule has 1 saturated heterocycles. The van der Waals surface area contributed by atoms with E-state index in [4.69, 9.17) is 4.74 Å². The van der Waals surface area contributed by atoms with E-state index >= 15 is 0 Å². The number of azo groups is 1. The Morgan fingerprint density at radius 1 is 0.962 bits per heavy atom. The van der Waals surface area contributed by atoms with Crippen LogP contribution >= 0.6 is 15.9 Å². The van der Waals surface area contributed by atoms with Crippen molar-refractivity contribution in [1.82, 2.24) is 0 Å². The average molecular weight is 415 g/mol. The van der Waals surface area contributed by atoms with Gasteiger partial charge in [0, 0.05) is 4.47 Å². The van der Waals surface area contributed by atoms with Gasteiger partial charge in [-0.15, -0.1) is 0 Å². The molecule has 2 aromatic rings. The third-order valence-electron chi connectivity index (χ3n) is 4.60. The molecule has 0 radical (unpaired) electrons. The van der Waals surface area contributed by atoms with Crippen LogP contribution in [0.3, 0.4) is 0 Å². The summed E-state index contributed by atoms with van der Waals surface area (Å²) in [6, 6.07) is 16.4. The predicted octanol–water partition coefficient (Wildman–Crippen LogP) is 5.18. The van der Waals surface area contributed by atoms with Gasteiger partial charge >= 0.3 is 5.97 Å². The number of esters is 1. The largest absolute Gasteiger partial charge is 0.454 e. The van der Waals surface area contributed by atoms with E-state index in [1.54, 1.807) is 26.0 Å². The maximum Gasteiger partial charge on any atom is 0.344 e. The van der Waals surface area contributed by atoms with Gasteiger partial charge < -0.3 is 4.74 Å². The summed E-state index contributed by atoms with van der Waals surface area (Å²) >= 11 is 3.38. The number of nitrogens with zero attached hydrogens (tertiary/aromatic N) is 2. The first-order valence-electron chi connectivity index (χ1n) is 8.24. The van der Waals surface area contributed by atoms with Crippen LogP contribution in [-0.4, -0.2) is 17.3 Å². The average Bonchev–Trinajstić information content (AvgIpc) is 2.64. The van der Waals surface area contributed by atoms with Gasteiger partial charge in [-0.25, -0.2) is 4.79 Å². The van der Waals surface area contributed by atoms with E-state index < -0.39 is 23.0 Å². The van der Waals surface area contributed by atoms with Gasteiger partial charge in [0.25, 0.3) is 0 Å². The van der Waals surface area contributed by atoms with Crippen molar-refractivity contribution >= 4 is 33.4 Å². The maximum absolute atomic E-state index is 13.2. The van der Waals surface area contributed by atoms with Crippen molar-refractivity contribution in [3.8, 4) is 0 Å². The minimum atomic E-state index is -1.66. The number of benzene rings is 2. The van der Waals surface area contributed by atoms with Crippen molar-refractivity contribution < 1.29 is 14.3 Å². The Labute approximate surface area is 160 Å². The minimum Gasteiger partial charge on any atom is -0.454 e. The standard InChI is InChI=1S/C20H19BrN2O3/c1-19(2)16(13-9-11-14(21)12-10-13)26-18(25)20(3,17(19)24)23-22-15-7-5-4-6-8-15/h4-12,16H,1-3H3/t16-,20+/m1/s1. The zero-order valence-corrected chi connectivity index (χ0v) is 16.4. The summed E-state index contributed by atoms with van der Waals surface area (Å²) in [5.41, 5.74) is -1.26. The van der Waals surface area contributed by atoms with E-state index in [1.165, 1.54) is 6.92 Å². The van der Waals surface area contributed by atoms with Crippen LogP contribution in [0.5, 0.6) is 0 Å². The smallest absolute Gasteiger partial charge is 0.344 e. The number of cyclic esters (lactones) is 1. The van der Waals surface area contributed by atoms with E-state index in [0.717, 1.165) is 10.0 Å². The monoisotopic (exact) mass is 414 g/mol. The van der Waals surface area contributed by atoms with Gasteiger partial charge in [0.15, 0.2) is 5.78 Å². The van der Waals surface area contributed by atoms with Gasteiger partial charge in [0.1, 0.15) is 6.10 Å². The Balaban J connectivity index is 1.94. The first-order chi connectivity index (χ1) is 12.2. The fourth-order valence-electron chi connectivity index (χ4n) is 3.07. The fourth-order valence-corrected chi connectivity index (χ4v) is 3.33. The number of hydrogen-bond acceptors (Lipinski definition) is 5. The lowest BCUT2D eigenvalue weighted by Crippen LogP contribution is -2.57. The fraction of sp³-hybridized carbons (Fsp3) is 0.300. The third-order valence-corrected chi connectivity index (χ3v) is 5.13. The molecule has 6 heteroatoms. The SMILES string of the molecule is CC1(C)C(=O)[C@](C)(N=Nc2ccccc2)C(=O)O[C@@H]1c1ccc(Br)cc1. The molecule has 0 saturated carbocycles. The Kier molecular flexibility index (Phi) is 4.80. The summed E-state index contributed by atoms with van der Waals surface area (Å²) in [6.45, 7) is 5.00. The number of ketones is 1. The molecule has 1 aliphatic heterocycles. The van der Waals surface area contributed by atoms with Gasteiger partial charge in [-0.05, 0) is 50.6 Å². The van der Waals surface area contributed by atoms with Crippen molar-refractivity contribution in [2.45, 2.75) is 32.4 Å². The molecule has 5 nitrogen and oxygen atoms in total. The number of Topliss-reactive ketones (excluding diaryl/α,β-unsaturated/α-hetero) is 1.